The van der Waals surface area contributed by atoms with Gasteiger partial charge in [-0.25, -0.2) is 18.9 Å². The van der Waals surface area contributed by atoms with Gasteiger partial charge in [-0.1, -0.05) is 24.6 Å². The number of hydrogen-bond donors (Lipinski definition) is 1. The molecule has 0 saturated carbocycles. The van der Waals surface area contributed by atoms with E-state index in [1.165, 1.54) is 15.5 Å². The van der Waals surface area contributed by atoms with Crippen LogP contribution in [0.3, 0.4) is 0 Å². The Kier molecular flexibility index (Phi) is 5.32. The second-order valence-corrected chi connectivity index (χ2v) is 8.40. The summed E-state index contributed by atoms with van der Waals surface area (Å²) in [5, 5.41) is 7.39. The highest BCUT2D eigenvalue weighted by molar-refractivity contribution is 5.92. The lowest BCUT2D eigenvalue weighted by Crippen LogP contribution is -2.35. The van der Waals surface area contributed by atoms with Gasteiger partial charge in [0.15, 0.2) is 5.82 Å². The van der Waals surface area contributed by atoms with Crippen LogP contribution in [0, 0.1) is 26.7 Å². The minimum atomic E-state index is -0.341. The summed E-state index contributed by atoms with van der Waals surface area (Å²) in [7, 11) is 0. The number of rotatable bonds is 4. The van der Waals surface area contributed by atoms with Crippen molar-refractivity contribution in [3.8, 4) is 0 Å². The van der Waals surface area contributed by atoms with E-state index in [1.807, 2.05) is 32.9 Å². The third-order valence-electron chi connectivity index (χ3n) is 5.67. The number of benzene rings is 1. The first-order valence-electron chi connectivity index (χ1n) is 10.4. The molecule has 4 rings (SSSR count). The standard InChI is InChI=1S/C22H28N6O2/c1-14-6-5-8-26(12-14)20-21-25-28(22(30)27(21)9-7-23-20)13-18(29)24-19-16(3)10-15(2)11-17(19)4/h7,9-11,14H,5-6,8,12-13H2,1-4H3,(H,24,29)/t14-/m0/s1. The average molecular weight is 409 g/mol. The van der Waals surface area contributed by atoms with E-state index in [-0.39, 0.29) is 18.1 Å². The van der Waals surface area contributed by atoms with E-state index in [0.29, 0.717) is 17.4 Å². The molecular formula is C22H28N6O2. The Morgan fingerprint density at radius 1 is 1.23 bits per heavy atom. The third-order valence-corrected chi connectivity index (χ3v) is 5.67. The fourth-order valence-corrected chi connectivity index (χ4v) is 4.34. The number of carbonyl (C=O) groups is 1. The molecule has 0 bridgehead atoms. The molecule has 3 aromatic rings. The van der Waals surface area contributed by atoms with Gasteiger partial charge >= 0.3 is 5.69 Å². The maximum absolute atomic E-state index is 12.8. The second-order valence-electron chi connectivity index (χ2n) is 8.40. The van der Waals surface area contributed by atoms with Crippen molar-refractivity contribution >= 4 is 23.1 Å². The molecule has 1 aromatic carbocycles. The number of nitrogens with one attached hydrogen (secondary N) is 1. The number of amides is 1. The maximum atomic E-state index is 12.8. The van der Waals surface area contributed by atoms with Gasteiger partial charge in [0.1, 0.15) is 6.54 Å². The van der Waals surface area contributed by atoms with E-state index >= 15 is 0 Å². The Bertz CT molecular complexity index is 1140. The lowest BCUT2D eigenvalue weighted by atomic mass is 10.0. The highest BCUT2D eigenvalue weighted by atomic mass is 16.2. The second kappa shape index (κ2) is 7.93. The summed E-state index contributed by atoms with van der Waals surface area (Å²) in [6.07, 6.45) is 5.50. The van der Waals surface area contributed by atoms with Gasteiger partial charge in [0.05, 0.1) is 0 Å². The van der Waals surface area contributed by atoms with E-state index in [1.54, 1.807) is 12.4 Å². The van der Waals surface area contributed by atoms with Gasteiger partial charge in [0.2, 0.25) is 11.6 Å². The van der Waals surface area contributed by atoms with E-state index in [0.717, 1.165) is 41.9 Å². The van der Waals surface area contributed by atoms with Crippen molar-refractivity contribution < 1.29 is 4.79 Å². The molecule has 1 aliphatic rings. The number of piperidine rings is 1. The van der Waals surface area contributed by atoms with Gasteiger partial charge in [-0.05, 0) is 50.7 Å². The number of fused-ring (bicyclic) bond motifs is 1. The van der Waals surface area contributed by atoms with Crippen molar-refractivity contribution in [3.63, 3.8) is 0 Å². The number of carbonyl (C=O) groups excluding carboxylic acids is 1. The summed E-state index contributed by atoms with van der Waals surface area (Å²) in [6.45, 7) is 9.80. The zero-order chi connectivity index (χ0) is 21.4. The van der Waals surface area contributed by atoms with Gasteiger partial charge in [0, 0.05) is 31.2 Å². The van der Waals surface area contributed by atoms with Gasteiger partial charge < -0.3 is 10.2 Å². The molecule has 1 atom stereocenters. The molecule has 30 heavy (non-hydrogen) atoms. The van der Waals surface area contributed by atoms with Crippen molar-refractivity contribution in [1.29, 1.82) is 0 Å². The molecule has 2 aromatic heterocycles. The van der Waals surface area contributed by atoms with Crippen LogP contribution in [0.1, 0.15) is 36.5 Å². The zero-order valence-electron chi connectivity index (χ0n) is 18.0. The van der Waals surface area contributed by atoms with Gasteiger partial charge in [-0.2, -0.15) is 0 Å². The summed E-state index contributed by atoms with van der Waals surface area (Å²) >= 11 is 0. The number of aryl methyl sites for hydroxylation is 3. The van der Waals surface area contributed by atoms with Crippen molar-refractivity contribution in [3.05, 3.63) is 51.7 Å². The monoisotopic (exact) mass is 408 g/mol. The van der Waals surface area contributed by atoms with Crippen molar-refractivity contribution in [1.82, 2.24) is 19.2 Å². The summed E-state index contributed by atoms with van der Waals surface area (Å²) in [5.74, 6) is 0.989. The SMILES string of the molecule is Cc1cc(C)c(NC(=O)Cn2nc3c(N4CCC[C@H](C)C4)nccn3c2=O)c(C)c1. The Morgan fingerprint density at radius 3 is 2.67 bits per heavy atom. The Hall–Kier alpha value is -3.16. The van der Waals surface area contributed by atoms with Crippen LogP contribution in [-0.4, -0.2) is 38.2 Å². The van der Waals surface area contributed by atoms with Gasteiger partial charge in [0.25, 0.3) is 0 Å². The topological polar surface area (TPSA) is 84.5 Å². The van der Waals surface area contributed by atoms with Crippen molar-refractivity contribution in [2.45, 2.75) is 47.1 Å². The summed E-state index contributed by atoms with van der Waals surface area (Å²) in [6, 6.07) is 4.05. The lowest BCUT2D eigenvalue weighted by Gasteiger charge is -2.31. The summed E-state index contributed by atoms with van der Waals surface area (Å²) < 4.78 is 2.68. The predicted molar refractivity (Wildman–Crippen MR) is 117 cm³/mol. The first kappa shape index (κ1) is 20.1. The van der Waals surface area contributed by atoms with E-state index < -0.39 is 0 Å². The van der Waals surface area contributed by atoms with E-state index in [4.69, 9.17) is 0 Å². The first-order valence-corrected chi connectivity index (χ1v) is 10.4. The number of hydrogen-bond acceptors (Lipinski definition) is 5. The van der Waals surface area contributed by atoms with Gasteiger partial charge in [-0.3, -0.25) is 4.79 Å². The molecule has 8 heteroatoms. The minimum Gasteiger partial charge on any atom is -0.353 e. The smallest absolute Gasteiger partial charge is 0.350 e. The molecular weight excluding hydrogens is 380 g/mol. The quantitative estimate of drug-likeness (QED) is 0.718. The molecule has 0 spiro atoms. The number of nitrogens with zero attached hydrogens (tertiary/aromatic N) is 5. The average Bonchev–Trinajstić information content (AvgIpc) is 3.00. The first-order chi connectivity index (χ1) is 14.3. The summed E-state index contributed by atoms with van der Waals surface area (Å²) in [5.41, 5.74) is 4.07. The predicted octanol–water partition coefficient (Wildman–Crippen LogP) is 2.69. The molecule has 0 radical (unpaired) electrons. The molecule has 1 N–H and O–H groups in total. The highest BCUT2D eigenvalue weighted by Crippen LogP contribution is 2.24. The molecule has 8 nitrogen and oxygen atoms in total. The van der Waals surface area contributed by atoms with Crippen molar-refractivity contribution in [2.24, 2.45) is 5.92 Å². The minimum absolute atomic E-state index is 0.150. The molecule has 0 unspecified atom stereocenters. The fraction of sp³-hybridized carbons (Fsp3) is 0.455. The highest BCUT2D eigenvalue weighted by Gasteiger charge is 2.22. The maximum Gasteiger partial charge on any atom is 0.350 e. The van der Waals surface area contributed by atoms with Crippen molar-refractivity contribution in [2.75, 3.05) is 23.3 Å². The molecule has 1 saturated heterocycles. The normalized spacial score (nSPS) is 16.8. The Balaban J connectivity index is 1.61. The van der Waals surface area contributed by atoms with Crippen LogP contribution >= 0.6 is 0 Å². The molecule has 1 amide bonds. The number of aromatic nitrogens is 4. The Morgan fingerprint density at radius 2 is 1.97 bits per heavy atom. The van der Waals surface area contributed by atoms with Crippen LogP contribution in [0.25, 0.3) is 5.65 Å². The van der Waals surface area contributed by atoms with E-state index in [9.17, 15) is 9.59 Å². The molecule has 1 fully saturated rings. The molecule has 158 valence electrons. The van der Waals surface area contributed by atoms with Gasteiger partial charge in [-0.15, -0.1) is 5.10 Å². The third kappa shape index (κ3) is 3.81. The molecule has 0 aliphatic carbocycles. The van der Waals surface area contributed by atoms with Crippen LogP contribution in [0.4, 0.5) is 11.5 Å². The van der Waals surface area contributed by atoms with Crippen LogP contribution in [0.15, 0.2) is 29.3 Å². The van der Waals surface area contributed by atoms with Crippen LogP contribution < -0.4 is 15.9 Å². The van der Waals surface area contributed by atoms with Crippen LogP contribution in [0.5, 0.6) is 0 Å². The largest absolute Gasteiger partial charge is 0.353 e. The fourth-order valence-electron chi connectivity index (χ4n) is 4.34. The zero-order valence-corrected chi connectivity index (χ0v) is 18.0. The molecule has 3 heterocycles. The number of anilines is 2. The Labute approximate surface area is 175 Å². The van der Waals surface area contributed by atoms with E-state index in [2.05, 4.69) is 27.2 Å². The summed E-state index contributed by atoms with van der Waals surface area (Å²) in [4.78, 5) is 32.2. The van der Waals surface area contributed by atoms with Crippen LogP contribution in [0.2, 0.25) is 0 Å². The van der Waals surface area contributed by atoms with Crippen LogP contribution in [-0.2, 0) is 11.3 Å². The molecule has 1 aliphatic heterocycles. The lowest BCUT2D eigenvalue weighted by molar-refractivity contribution is -0.117.